The lowest BCUT2D eigenvalue weighted by Gasteiger charge is -2.21. The summed E-state index contributed by atoms with van der Waals surface area (Å²) in [5, 5.41) is 13.7. The van der Waals surface area contributed by atoms with Crippen molar-refractivity contribution in [3.05, 3.63) is 58.9 Å². The van der Waals surface area contributed by atoms with Gasteiger partial charge in [-0.25, -0.2) is 22.7 Å². The average Bonchev–Trinajstić information content (AvgIpc) is 2.67. The minimum atomic E-state index is -4.07. The Kier molecular flexibility index (Phi) is 7.28. The number of esters is 1. The fourth-order valence-electron chi connectivity index (χ4n) is 2.30. The number of primary sulfonamides is 1. The first-order valence-corrected chi connectivity index (χ1v) is 9.98. The average molecular weight is 440 g/mol. The van der Waals surface area contributed by atoms with Crippen molar-refractivity contribution < 1.29 is 27.1 Å². The van der Waals surface area contributed by atoms with Gasteiger partial charge in [-0.05, 0) is 42.5 Å². The molecule has 2 aromatic carbocycles. The van der Waals surface area contributed by atoms with Crippen molar-refractivity contribution in [3.63, 3.8) is 0 Å². The molecular weight excluding hydrogens is 425 g/mol. The van der Waals surface area contributed by atoms with Gasteiger partial charge in [0.1, 0.15) is 5.82 Å². The first kappa shape index (κ1) is 22.3. The quantitative estimate of drug-likeness (QED) is 0.658. The van der Waals surface area contributed by atoms with Gasteiger partial charge in [0.15, 0.2) is 6.61 Å². The predicted molar refractivity (Wildman–Crippen MR) is 102 cm³/mol. The van der Waals surface area contributed by atoms with Crippen LogP contribution in [0.1, 0.15) is 16.8 Å². The van der Waals surface area contributed by atoms with Crippen LogP contribution in [0.5, 0.6) is 0 Å². The van der Waals surface area contributed by atoms with Crippen molar-refractivity contribution in [1.29, 1.82) is 5.26 Å². The van der Waals surface area contributed by atoms with Crippen molar-refractivity contribution in [2.24, 2.45) is 5.14 Å². The lowest BCUT2D eigenvalue weighted by atomic mass is 10.2. The third kappa shape index (κ3) is 5.99. The number of sulfonamides is 1. The Morgan fingerprint density at radius 3 is 2.45 bits per heavy atom. The molecule has 0 aliphatic rings. The highest BCUT2D eigenvalue weighted by molar-refractivity contribution is 7.89. The molecule has 0 fully saturated rings. The zero-order valence-electron chi connectivity index (χ0n) is 14.8. The van der Waals surface area contributed by atoms with Crippen LogP contribution in [0.25, 0.3) is 0 Å². The van der Waals surface area contributed by atoms with Gasteiger partial charge in [-0.2, -0.15) is 5.26 Å². The zero-order valence-corrected chi connectivity index (χ0v) is 16.4. The van der Waals surface area contributed by atoms with E-state index in [2.05, 4.69) is 0 Å². The summed E-state index contributed by atoms with van der Waals surface area (Å²) in [4.78, 5) is 25.5. The zero-order chi connectivity index (χ0) is 21.6. The Morgan fingerprint density at radius 1 is 1.21 bits per heavy atom. The van der Waals surface area contributed by atoms with Gasteiger partial charge in [0.2, 0.25) is 10.0 Å². The molecule has 2 N–H and O–H groups in total. The normalized spacial score (nSPS) is 10.8. The maximum atomic E-state index is 13.1. The number of benzene rings is 2. The van der Waals surface area contributed by atoms with Crippen LogP contribution in [0.4, 0.5) is 10.1 Å². The Bertz CT molecular complexity index is 1070. The predicted octanol–water partition coefficient (Wildman–Crippen LogP) is 2.23. The standard InChI is InChI=1S/C18H15ClFN3O5S/c19-16-7-6-14(29(22,26)27)10-15(16)18(25)28-11-17(24)23(9-1-8-21)13-4-2-12(20)3-5-13/h2-7,10H,1,9,11H2,(H2,22,26,27). The molecule has 0 saturated carbocycles. The number of halogens is 2. The van der Waals surface area contributed by atoms with Gasteiger partial charge in [-0.15, -0.1) is 0 Å². The molecule has 2 aromatic rings. The largest absolute Gasteiger partial charge is 0.452 e. The second-order valence-corrected chi connectivity index (χ2v) is 7.66. The number of nitrogens with two attached hydrogens (primary N) is 1. The van der Waals surface area contributed by atoms with Gasteiger partial charge in [0.05, 0.1) is 28.0 Å². The molecule has 0 aliphatic heterocycles. The Balaban J connectivity index is 2.16. The number of hydrogen-bond donors (Lipinski definition) is 1. The minimum Gasteiger partial charge on any atom is -0.452 e. The molecule has 8 nitrogen and oxygen atoms in total. The molecule has 11 heteroatoms. The molecule has 1 amide bonds. The van der Waals surface area contributed by atoms with Crippen molar-refractivity contribution in [2.45, 2.75) is 11.3 Å². The van der Waals surface area contributed by atoms with E-state index >= 15 is 0 Å². The molecule has 0 unspecified atom stereocenters. The lowest BCUT2D eigenvalue weighted by molar-refractivity contribution is -0.121. The summed E-state index contributed by atoms with van der Waals surface area (Å²) in [6.07, 6.45) is -0.000699. The minimum absolute atomic E-state index is 0.000173. The van der Waals surface area contributed by atoms with Gasteiger partial charge >= 0.3 is 5.97 Å². The van der Waals surface area contributed by atoms with Crippen molar-refractivity contribution in [3.8, 4) is 6.07 Å². The summed E-state index contributed by atoms with van der Waals surface area (Å²) < 4.78 is 40.9. The highest BCUT2D eigenvalue weighted by atomic mass is 35.5. The van der Waals surface area contributed by atoms with Crippen molar-refractivity contribution in [1.82, 2.24) is 0 Å². The Hall–Kier alpha value is -3.00. The maximum Gasteiger partial charge on any atom is 0.340 e. The summed E-state index contributed by atoms with van der Waals surface area (Å²) >= 11 is 5.89. The van der Waals surface area contributed by atoms with Crippen LogP contribution in [-0.2, 0) is 19.6 Å². The van der Waals surface area contributed by atoms with Crippen molar-refractivity contribution in [2.75, 3.05) is 18.1 Å². The third-order valence-electron chi connectivity index (χ3n) is 3.70. The molecular formula is C18H15ClFN3O5S. The van der Waals surface area contributed by atoms with Gasteiger partial charge < -0.3 is 9.64 Å². The van der Waals surface area contributed by atoms with Crippen molar-refractivity contribution >= 4 is 39.2 Å². The fraction of sp³-hybridized carbons (Fsp3) is 0.167. The molecule has 0 atom stereocenters. The molecule has 2 rings (SSSR count). The van der Waals surface area contributed by atoms with Gasteiger partial charge in [0, 0.05) is 12.2 Å². The molecule has 0 spiro atoms. The number of amides is 1. The summed E-state index contributed by atoms with van der Waals surface area (Å²) in [6, 6.07) is 10.1. The summed E-state index contributed by atoms with van der Waals surface area (Å²) in [7, 11) is -4.07. The summed E-state index contributed by atoms with van der Waals surface area (Å²) in [6.45, 7) is -0.711. The maximum absolute atomic E-state index is 13.1. The Labute approximate surface area is 171 Å². The van der Waals surface area contributed by atoms with E-state index in [0.717, 1.165) is 35.2 Å². The second kappa shape index (κ2) is 9.47. The van der Waals surface area contributed by atoms with Gasteiger partial charge in [-0.1, -0.05) is 11.6 Å². The third-order valence-corrected chi connectivity index (χ3v) is 4.94. The van der Waals surface area contributed by atoms with E-state index in [0.29, 0.717) is 5.69 Å². The second-order valence-electron chi connectivity index (χ2n) is 5.69. The lowest BCUT2D eigenvalue weighted by Crippen LogP contribution is -2.35. The number of anilines is 1. The number of nitrogens with zero attached hydrogens (tertiary/aromatic N) is 2. The van der Waals surface area contributed by atoms with Crippen LogP contribution in [0.15, 0.2) is 47.4 Å². The van der Waals surface area contributed by atoms with Crippen LogP contribution in [0.2, 0.25) is 5.02 Å². The van der Waals surface area contributed by atoms with Gasteiger partial charge in [-0.3, -0.25) is 4.79 Å². The number of carbonyl (C=O) groups excluding carboxylic acids is 2. The molecule has 0 aliphatic carbocycles. The number of rotatable bonds is 7. The van der Waals surface area contributed by atoms with E-state index in [-0.39, 0.29) is 28.4 Å². The Morgan fingerprint density at radius 2 is 1.86 bits per heavy atom. The van der Waals surface area contributed by atoms with E-state index in [4.69, 9.17) is 26.7 Å². The topological polar surface area (TPSA) is 131 Å². The van der Waals surface area contributed by atoms with Crippen LogP contribution in [0.3, 0.4) is 0 Å². The van der Waals surface area contributed by atoms with E-state index in [1.807, 2.05) is 6.07 Å². The van der Waals surface area contributed by atoms with E-state index in [9.17, 15) is 22.4 Å². The first-order chi connectivity index (χ1) is 13.6. The summed E-state index contributed by atoms with van der Waals surface area (Å²) in [5.74, 6) is -2.20. The molecule has 0 aromatic heterocycles. The van der Waals surface area contributed by atoms with Gasteiger partial charge in [0.25, 0.3) is 5.91 Å². The molecule has 0 bridgehead atoms. The number of carbonyl (C=O) groups is 2. The summed E-state index contributed by atoms with van der Waals surface area (Å²) in [5.41, 5.74) is 0.0355. The fourth-order valence-corrected chi connectivity index (χ4v) is 3.04. The van der Waals surface area contributed by atoms with E-state index < -0.39 is 34.3 Å². The number of nitriles is 1. The van der Waals surface area contributed by atoms with Crippen LogP contribution in [0, 0.1) is 17.1 Å². The monoisotopic (exact) mass is 439 g/mol. The molecule has 152 valence electrons. The van der Waals surface area contributed by atoms with Crippen LogP contribution >= 0.6 is 11.6 Å². The molecule has 0 radical (unpaired) electrons. The molecule has 0 heterocycles. The van der Waals surface area contributed by atoms with Crippen LogP contribution in [-0.4, -0.2) is 33.4 Å². The highest BCUT2D eigenvalue weighted by Crippen LogP contribution is 2.21. The molecule has 29 heavy (non-hydrogen) atoms. The van der Waals surface area contributed by atoms with Crippen LogP contribution < -0.4 is 10.0 Å². The first-order valence-electron chi connectivity index (χ1n) is 8.06. The molecule has 0 saturated heterocycles. The smallest absolute Gasteiger partial charge is 0.340 e. The highest BCUT2D eigenvalue weighted by Gasteiger charge is 2.21. The van der Waals surface area contributed by atoms with E-state index in [1.54, 1.807) is 0 Å². The van der Waals surface area contributed by atoms with E-state index in [1.165, 1.54) is 12.1 Å². The SMILES string of the molecule is N#CCCN(C(=O)COC(=O)c1cc(S(N)(=O)=O)ccc1Cl)c1ccc(F)cc1. The number of hydrogen-bond acceptors (Lipinski definition) is 6. The number of ether oxygens (including phenoxy) is 1.